The first-order valence-corrected chi connectivity index (χ1v) is 23.1. The average Bonchev–Trinajstić information content (AvgIpc) is 3.94. The molecule has 0 unspecified atom stereocenters. The third-order valence-electron chi connectivity index (χ3n) is 13.8. The second-order valence-electron chi connectivity index (χ2n) is 17.6. The predicted octanol–water partition coefficient (Wildman–Crippen LogP) is 16.2. The molecule has 14 aromatic rings. The van der Waals surface area contributed by atoms with Crippen molar-refractivity contribution in [1.29, 1.82) is 0 Å². The molecule has 3 heterocycles. The molecule has 0 saturated heterocycles. The fourth-order valence-electron chi connectivity index (χ4n) is 10.7. The Morgan fingerprint density at radius 1 is 0.235 bits per heavy atom. The third-order valence-corrected chi connectivity index (χ3v) is 13.8. The van der Waals surface area contributed by atoms with E-state index in [-0.39, 0.29) is 0 Å². The van der Waals surface area contributed by atoms with E-state index in [0.29, 0.717) is 17.6 Å². The highest BCUT2D eigenvalue weighted by atomic mass is 15.2. The molecule has 5 heteroatoms. The van der Waals surface area contributed by atoms with Crippen molar-refractivity contribution >= 4 is 75.9 Å². The molecular formula is C63H39N5. The monoisotopic (exact) mass is 865 g/mol. The zero-order valence-electron chi connectivity index (χ0n) is 36.8. The Morgan fingerprint density at radius 3 is 1.29 bits per heavy atom. The Bertz CT molecular complexity index is 4270. The molecule has 0 aliphatic heterocycles. The van der Waals surface area contributed by atoms with Gasteiger partial charge in [0.2, 0.25) is 5.95 Å². The maximum Gasteiger partial charge on any atom is 0.238 e. The summed E-state index contributed by atoms with van der Waals surface area (Å²) in [6, 6.07) is 84.6. The molecule has 0 bridgehead atoms. The molecule has 0 saturated carbocycles. The van der Waals surface area contributed by atoms with E-state index >= 15 is 0 Å². The SMILES string of the molecule is c1ccc(-c2cccc(-c3nc(-c4ccccc4)nc(-n4c5ccccc5c5c6c7ccccc7n(-c7ccc(-c8ccc9c%10ccccc%10c%10ccccc%10c9c8)cc7)c6ccc54)n3)c2)cc1. The van der Waals surface area contributed by atoms with E-state index in [9.17, 15) is 0 Å². The van der Waals surface area contributed by atoms with Crippen LogP contribution in [0.4, 0.5) is 0 Å². The topological polar surface area (TPSA) is 48.5 Å². The molecule has 5 nitrogen and oxygen atoms in total. The highest BCUT2D eigenvalue weighted by molar-refractivity contribution is 6.29. The Hall–Kier alpha value is -9.19. The van der Waals surface area contributed by atoms with Gasteiger partial charge in [0.25, 0.3) is 0 Å². The molecule has 11 aromatic carbocycles. The van der Waals surface area contributed by atoms with Crippen LogP contribution in [0, 0.1) is 0 Å². The predicted molar refractivity (Wildman–Crippen MR) is 283 cm³/mol. The van der Waals surface area contributed by atoms with Gasteiger partial charge in [-0.3, -0.25) is 4.57 Å². The van der Waals surface area contributed by atoms with E-state index < -0.39 is 0 Å². The minimum absolute atomic E-state index is 0.568. The Labute approximate surface area is 391 Å². The molecule has 0 N–H and O–H groups in total. The van der Waals surface area contributed by atoms with Gasteiger partial charge in [-0.1, -0.05) is 188 Å². The first kappa shape index (κ1) is 38.1. The van der Waals surface area contributed by atoms with Gasteiger partial charge in [-0.2, -0.15) is 9.97 Å². The highest BCUT2D eigenvalue weighted by Crippen LogP contribution is 2.43. The van der Waals surface area contributed by atoms with E-state index in [2.05, 4.69) is 221 Å². The summed E-state index contributed by atoms with van der Waals surface area (Å²) in [5.41, 5.74) is 11.9. The fraction of sp³-hybridized carbons (Fsp3) is 0. The van der Waals surface area contributed by atoms with Gasteiger partial charge in [-0.05, 0) is 103 Å². The molecular weight excluding hydrogens is 827 g/mol. The van der Waals surface area contributed by atoms with Crippen molar-refractivity contribution in [2.45, 2.75) is 0 Å². The van der Waals surface area contributed by atoms with E-state index in [0.717, 1.165) is 60.8 Å². The molecule has 3 aromatic heterocycles. The number of para-hydroxylation sites is 2. The lowest BCUT2D eigenvalue weighted by molar-refractivity contribution is 0.953. The Kier molecular flexibility index (Phi) is 8.52. The van der Waals surface area contributed by atoms with Crippen LogP contribution in [0.15, 0.2) is 237 Å². The van der Waals surface area contributed by atoms with E-state index in [1.165, 1.54) is 54.2 Å². The van der Waals surface area contributed by atoms with Crippen LogP contribution < -0.4 is 0 Å². The quantitative estimate of drug-likeness (QED) is 0.156. The van der Waals surface area contributed by atoms with Crippen molar-refractivity contribution in [3.8, 4) is 56.7 Å². The number of rotatable bonds is 6. The Balaban J connectivity index is 0.942. The zero-order chi connectivity index (χ0) is 44.7. The summed E-state index contributed by atoms with van der Waals surface area (Å²) in [6.07, 6.45) is 0. The standard InChI is InChI=1S/C63H39N5/c1-3-16-40(17-4-1)43-20-15-21-45(38-43)62-64-61(42-18-5-2-6-19-42)65-63(66-62)68-56-29-14-12-27-53(56)60-58(68)37-36-57-59(60)52-26-11-13-28-55(52)67(57)46-33-30-41(31-34-46)44-32-35-51-49-24-8-7-22-47(49)48-23-9-10-25-50(48)54(51)39-44/h1-39H. The molecule has 0 spiro atoms. The minimum atomic E-state index is 0.568. The first-order valence-electron chi connectivity index (χ1n) is 23.1. The zero-order valence-corrected chi connectivity index (χ0v) is 36.8. The first-order chi connectivity index (χ1) is 33.7. The van der Waals surface area contributed by atoms with Gasteiger partial charge in [-0.25, -0.2) is 4.98 Å². The Morgan fingerprint density at radius 2 is 0.662 bits per heavy atom. The molecule has 68 heavy (non-hydrogen) atoms. The van der Waals surface area contributed by atoms with Crippen LogP contribution in [0.25, 0.3) is 133 Å². The van der Waals surface area contributed by atoms with Crippen molar-refractivity contribution in [3.63, 3.8) is 0 Å². The second kappa shape index (κ2) is 15.2. The molecule has 0 atom stereocenters. The molecule has 0 aliphatic rings. The van der Waals surface area contributed by atoms with Crippen LogP contribution in [0.1, 0.15) is 0 Å². The van der Waals surface area contributed by atoms with Crippen LogP contribution in [-0.4, -0.2) is 24.1 Å². The number of aromatic nitrogens is 5. The van der Waals surface area contributed by atoms with Gasteiger partial charge in [0.15, 0.2) is 11.6 Å². The van der Waals surface area contributed by atoms with Gasteiger partial charge >= 0.3 is 0 Å². The summed E-state index contributed by atoms with van der Waals surface area (Å²) in [4.78, 5) is 15.7. The highest BCUT2D eigenvalue weighted by Gasteiger charge is 2.23. The van der Waals surface area contributed by atoms with Crippen molar-refractivity contribution in [3.05, 3.63) is 237 Å². The second-order valence-corrected chi connectivity index (χ2v) is 17.6. The lowest BCUT2D eigenvalue weighted by Crippen LogP contribution is -2.06. The summed E-state index contributed by atoms with van der Waals surface area (Å²) in [5.74, 6) is 1.80. The lowest BCUT2D eigenvalue weighted by atomic mass is 9.92. The maximum atomic E-state index is 5.32. The van der Waals surface area contributed by atoms with Crippen LogP contribution in [0.5, 0.6) is 0 Å². The summed E-state index contributed by atoms with van der Waals surface area (Å²) in [7, 11) is 0. The summed E-state index contributed by atoms with van der Waals surface area (Å²) >= 11 is 0. The van der Waals surface area contributed by atoms with Crippen molar-refractivity contribution in [2.24, 2.45) is 0 Å². The van der Waals surface area contributed by atoms with Crippen molar-refractivity contribution in [1.82, 2.24) is 24.1 Å². The van der Waals surface area contributed by atoms with Crippen molar-refractivity contribution in [2.75, 3.05) is 0 Å². The molecule has 316 valence electrons. The van der Waals surface area contributed by atoms with E-state index in [4.69, 9.17) is 15.0 Å². The molecule has 0 amide bonds. The largest absolute Gasteiger partial charge is 0.309 e. The van der Waals surface area contributed by atoms with Gasteiger partial charge in [0, 0.05) is 38.4 Å². The third kappa shape index (κ3) is 5.93. The number of benzene rings is 11. The molecule has 14 rings (SSSR count). The summed E-state index contributed by atoms with van der Waals surface area (Å²) < 4.78 is 4.63. The van der Waals surface area contributed by atoms with Crippen LogP contribution in [0.3, 0.4) is 0 Å². The summed E-state index contributed by atoms with van der Waals surface area (Å²) in [5, 5.41) is 12.4. The lowest BCUT2D eigenvalue weighted by Gasteiger charge is -2.13. The van der Waals surface area contributed by atoms with E-state index in [1.54, 1.807) is 0 Å². The summed E-state index contributed by atoms with van der Waals surface area (Å²) in [6.45, 7) is 0. The van der Waals surface area contributed by atoms with Gasteiger partial charge in [0.1, 0.15) is 0 Å². The van der Waals surface area contributed by atoms with Crippen LogP contribution >= 0.6 is 0 Å². The molecule has 0 radical (unpaired) electrons. The smallest absolute Gasteiger partial charge is 0.238 e. The van der Waals surface area contributed by atoms with Gasteiger partial charge in [0.05, 0.1) is 22.1 Å². The van der Waals surface area contributed by atoms with Crippen LogP contribution in [-0.2, 0) is 0 Å². The van der Waals surface area contributed by atoms with E-state index in [1.807, 2.05) is 24.3 Å². The minimum Gasteiger partial charge on any atom is -0.309 e. The fourth-order valence-corrected chi connectivity index (χ4v) is 10.7. The van der Waals surface area contributed by atoms with Gasteiger partial charge in [-0.15, -0.1) is 0 Å². The molecule has 0 aliphatic carbocycles. The van der Waals surface area contributed by atoms with Gasteiger partial charge < -0.3 is 4.57 Å². The number of fused-ring (bicyclic) bond motifs is 13. The number of hydrogen-bond donors (Lipinski definition) is 0. The molecule has 0 fully saturated rings. The number of nitrogens with zero attached hydrogens (tertiary/aromatic N) is 5. The average molecular weight is 866 g/mol. The normalized spacial score (nSPS) is 11.8. The number of hydrogen-bond acceptors (Lipinski definition) is 3. The van der Waals surface area contributed by atoms with Crippen molar-refractivity contribution < 1.29 is 0 Å². The maximum absolute atomic E-state index is 5.32. The van der Waals surface area contributed by atoms with Crippen LogP contribution in [0.2, 0.25) is 0 Å².